The molecule has 1 N–H and O–H groups in total. The van der Waals surface area contributed by atoms with Crippen molar-refractivity contribution in [3.05, 3.63) is 71.8 Å². The number of carbonyl (C=O) groups excluding carboxylic acids is 1. The van der Waals surface area contributed by atoms with Gasteiger partial charge in [-0.05, 0) is 24.0 Å². The van der Waals surface area contributed by atoms with E-state index in [9.17, 15) is 4.79 Å². The molecule has 2 heterocycles. The van der Waals surface area contributed by atoms with E-state index >= 15 is 0 Å². The van der Waals surface area contributed by atoms with Crippen molar-refractivity contribution in [2.75, 3.05) is 13.2 Å². The molecule has 2 fully saturated rings. The summed E-state index contributed by atoms with van der Waals surface area (Å²) in [4.78, 5) is 14.7. The number of nitrogens with one attached hydrogen (secondary N) is 1. The second-order valence-electron chi connectivity index (χ2n) is 7.38. The number of piperidine rings is 1. The second kappa shape index (κ2) is 8.55. The summed E-state index contributed by atoms with van der Waals surface area (Å²) in [6.45, 7) is 2.68. The van der Waals surface area contributed by atoms with Crippen molar-refractivity contribution in [1.82, 2.24) is 10.2 Å². The smallest absolute Gasteiger partial charge is 0.407 e. The first-order valence-electron chi connectivity index (χ1n) is 9.62. The first-order chi connectivity index (χ1) is 13.3. The van der Waals surface area contributed by atoms with E-state index in [0.717, 1.165) is 38.2 Å². The van der Waals surface area contributed by atoms with Crippen LogP contribution >= 0.6 is 0 Å². The number of benzene rings is 2. The number of hydrogen-bond donors (Lipinski definition) is 1. The molecular weight excluding hydrogens is 340 g/mol. The van der Waals surface area contributed by atoms with Gasteiger partial charge in [-0.3, -0.25) is 4.90 Å². The molecule has 27 heavy (non-hydrogen) atoms. The molecule has 0 saturated carbocycles. The number of ether oxygens (including phenoxy) is 2. The maximum absolute atomic E-state index is 12.2. The average molecular weight is 366 g/mol. The van der Waals surface area contributed by atoms with E-state index in [4.69, 9.17) is 9.47 Å². The fourth-order valence-corrected chi connectivity index (χ4v) is 4.09. The summed E-state index contributed by atoms with van der Waals surface area (Å²) in [5, 5.41) is 3.06. The fraction of sp³-hybridized carbons (Fsp3) is 0.409. The van der Waals surface area contributed by atoms with Gasteiger partial charge in [0.1, 0.15) is 6.61 Å². The molecule has 142 valence electrons. The number of hydrogen-bond acceptors (Lipinski definition) is 4. The van der Waals surface area contributed by atoms with Crippen LogP contribution in [0.5, 0.6) is 0 Å². The molecule has 2 atom stereocenters. The van der Waals surface area contributed by atoms with Gasteiger partial charge < -0.3 is 14.8 Å². The van der Waals surface area contributed by atoms with Gasteiger partial charge in [0, 0.05) is 24.7 Å². The summed E-state index contributed by atoms with van der Waals surface area (Å²) >= 11 is 0. The molecule has 1 amide bonds. The predicted octanol–water partition coefficient (Wildman–Crippen LogP) is 3.34. The summed E-state index contributed by atoms with van der Waals surface area (Å²) in [6.07, 6.45) is 1.45. The summed E-state index contributed by atoms with van der Waals surface area (Å²) in [7, 11) is 0. The van der Waals surface area contributed by atoms with E-state index in [-0.39, 0.29) is 12.1 Å². The van der Waals surface area contributed by atoms with Crippen LogP contribution in [0.3, 0.4) is 0 Å². The SMILES string of the molecule is O=C(NC1CC2COCC(C1)N2Cc1ccccc1)OCc1ccccc1. The minimum atomic E-state index is -0.334. The Balaban J connectivity index is 1.31. The first-order valence-corrected chi connectivity index (χ1v) is 9.62. The van der Waals surface area contributed by atoms with Crippen LogP contribution < -0.4 is 5.32 Å². The van der Waals surface area contributed by atoms with Crippen molar-refractivity contribution in [3.8, 4) is 0 Å². The number of nitrogens with zero attached hydrogens (tertiary/aromatic N) is 1. The van der Waals surface area contributed by atoms with Crippen LogP contribution in [-0.2, 0) is 22.6 Å². The molecule has 0 radical (unpaired) electrons. The third-order valence-electron chi connectivity index (χ3n) is 5.41. The minimum Gasteiger partial charge on any atom is -0.445 e. The molecular formula is C22H26N2O3. The molecule has 2 aromatic rings. The number of morpholine rings is 1. The van der Waals surface area contributed by atoms with E-state index in [1.807, 2.05) is 36.4 Å². The molecule has 2 saturated heterocycles. The molecule has 0 spiro atoms. The van der Waals surface area contributed by atoms with E-state index in [2.05, 4.69) is 34.5 Å². The fourth-order valence-electron chi connectivity index (χ4n) is 4.09. The number of fused-ring (bicyclic) bond motifs is 2. The van der Waals surface area contributed by atoms with Crippen molar-refractivity contribution >= 4 is 6.09 Å². The number of carbonyl (C=O) groups is 1. The van der Waals surface area contributed by atoms with Gasteiger partial charge in [-0.1, -0.05) is 60.7 Å². The summed E-state index contributed by atoms with van der Waals surface area (Å²) < 4.78 is 11.2. The first kappa shape index (κ1) is 18.0. The van der Waals surface area contributed by atoms with E-state index < -0.39 is 0 Å². The van der Waals surface area contributed by atoms with Crippen LogP contribution in [0.25, 0.3) is 0 Å². The summed E-state index contributed by atoms with van der Waals surface area (Å²) in [6, 6.07) is 21.1. The van der Waals surface area contributed by atoms with E-state index in [0.29, 0.717) is 18.7 Å². The number of amides is 1. The zero-order chi connectivity index (χ0) is 18.5. The summed E-state index contributed by atoms with van der Waals surface area (Å²) in [5.74, 6) is 0. The molecule has 0 aromatic heterocycles. The third-order valence-corrected chi connectivity index (χ3v) is 5.41. The van der Waals surface area contributed by atoms with Gasteiger partial charge in [0.15, 0.2) is 0 Å². The topological polar surface area (TPSA) is 50.8 Å². The van der Waals surface area contributed by atoms with Gasteiger partial charge in [-0.25, -0.2) is 4.79 Å². The Morgan fingerprint density at radius 2 is 1.56 bits per heavy atom. The Morgan fingerprint density at radius 3 is 2.19 bits per heavy atom. The van der Waals surface area contributed by atoms with Gasteiger partial charge in [0.05, 0.1) is 13.2 Å². The lowest BCUT2D eigenvalue weighted by Crippen LogP contribution is -2.60. The summed E-state index contributed by atoms with van der Waals surface area (Å²) in [5.41, 5.74) is 2.32. The zero-order valence-corrected chi connectivity index (χ0v) is 15.4. The van der Waals surface area contributed by atoms with Crippen molar-refractivity contribution in [2.45, 2.75) is 44.1 Å². The van der Waals surface area contributed by atoms with E-state index in [1.54, 1.807) is 0 Å². The van der Waals surface area contributed by atoms with Crippen LogP contribution in [-0.4, -0.2) is 42.3 Å². The number of rotatable bonds is 5. The largest absolute Gasteiger partial charge is 0.445 e. The molecule has 5 heteroatoms. The normalized spacial score (nSPS) is 25.0. The molecule has 2 bridgehead atoms. The lowest BCUT2D eigenvalue weighted by Gasteiger charge is -2.48. The average Bonchev–Trinajstić information content (AvgIpc) is 2.69. The van der Waals surface area contributed by atoms with E-state index in [1.165, 1.54) is 5.56 Å². The highest BCUT2D eigenvalue weighted by molar-refractivity contribution is 5.67. The van der Waals surface area contributed by atoms with Gasteiger partial charge in [-0.15, -0.1) is 0 Å². The van der Waals surface area contributed by atoms with Gasteiger partial charge in [0.25, 0.3) is 0 Å². The zero-order valence-electron chi connectivity index (χ0n) is 15.4. The van der Waals surface area contributed by atoms with Gasteiger partial charge >= 0.3 is 6.09 Å². The standard InChI is InChI=1S/C22H26N2O3/c25-22(27-14-18-9-5-2-6-10-18)23-19-11-20-15-26-16-21(12-19)24(20)13-17-7-3-1-4-8-17/h1-10,19-21H,11-16H2,(H,23,25). The van der Waals surface area contributed by atoms with Gasteiger partial charge in [0.2, 0.25) is 0 Å². The Bertz CT molecular complexity index is 724. The highest BCUT2D eigenvalue weighted by Gasteiger charge is 2.39. The minimum absolute atomic E-state index is 0.138. The second-order valence-corrected chi connectivity index (χ2v) is 7.38. The molecule has 2 aromatic carbocycles. The van der Waals surface area contributed by atoms with Crippen molar-refractivity contribution in [2.24, 2.45) is 0 Å². The molecule has 0 aliphatic carbocycles. The van der Waals surface area contributed by atoms with Crippen molar-refractivity contribution < 1.29 is 14.3 Å². The van der Waals surface area contributed by atoms with Crippen LogP contribution in [0, 0.1) is 0 Å². The Hall–Kier alpha value is -2.37. The molecule has 4 rings (SSSR count). The highest BCUT2D eigenvalue weighted by Crippen LogP contribution is 2.29. The van der Waals surface area contributed by atoms with Crippen LogP contribution in [0.15, 0.2) is 60.7 Å². The third kappa shape index (κ3) is 4.67. The Labute approximate surface area is 160 Å². The molecule has 5 nitrogen and oxygen atoms in total. The van der Waals surface area contributed by atoms with Crippen molar-refractivity contribution in [1.29, 1.82) is 0 Å². The molecule has 2 aliphatic rings. The van der Waals surface area contributed by atoms with Crippen LogP contribution in [0.4, 0.5) is 4.79 Å². The lowest BCUT2D eigenvalue weighted by atomic mass is 9.89. The quantitative estimate of drug-likeness (QED) is 0.882. The van der Waals surface area contributed by atoms with Crippen LogP contribution in [0.1, 0.15) is 24.0 Å². The maximum Gasteiger partial charge on any atom is 0.407 e. The Morgan fingerprint density at radius 1 is 0.963 bits per heavy atom. The number of alkyl carbamates (subject to hydrolysis) is 1. The van der Waals surface area contributed by atoms with Crippen LogP contribution in [0.2, 0.25) is 0 Å². The predicted molar refractivity (Wildman–Crippen MR) is 103 cm³/mol. The Kier molecular flexibility index (Phi) is 5.70. The maximum atomic E-state index is 12.2. The monoisotopic (exact) mass is 366 g/mol. The molecule has 2 unspecified atom stereocenters. The van der Waals surface area contributed by atoms with Crippen molar-refractivity contribution in [3.63, 3.8) is 0 Å². The van der Waals surface area contributed by atoms with Gasteiger partial charge in [-0.2, -0.15) is 0 Å². The lowest BCUT2D eigenvalue weighted by molar-refractivity contribution is -0.0847. The highest BCUT2D eigenvalue weighted by atomic mass is 16.5. The molecule has 2 aliphatic heterocycles.